The molecular formula is C16H8F3N3O. The Morgan fingerprint density at radius 1 is 1.04 bits per heavy atom. The number of pyridine rings is 1. The molecule has 0 amide bonds. The van der Waals surface area contributed by atoms with Gasteiger partial charge in [-0.2, -0.15) is 0 Å². The zero-order valence-corrected chi connectivity index (χ0v) is 11.5. The minimum absolute atomic E-state index is 0.0697. The molecule has 0 saturated carbocycles. The molecule has 0 saturated heterocycles. The molecule has 4 aromatic rings. The maximum Gasteiger partial charge on any atom is 0.280 e. The molecule has 0 unspecified atom stereocenters. The first-order chi connectivity index (χ1) is 11.1. The molecule has 0 aliphatic carbocycles. The Balaban J connectivity index is 2.16. The van der Waals surface area contributed by atoms with Crippen molar-refractivity contribution >= 4 is 21.8 Å². The molecule has 0 atom stereocenters. The summed E-state index contributed by atoms with van der Waals surface area (Å²) < 4.78 is 42.2. The maximum atomic E-state index is 14.1. The number of aromatic amines is 1. The minimum Gasteiger partial charge on any atom is -0.289 e. The molecule has 7 heteroatoms. The number of fused-ring (bicyclic) bond motifs is 3. The lowest BCUT2D eigenvalue weighted by atomic mass is 10.1. The van der Waals surface area contributed by atoms with Crippen LogP contribution in [0, 0.1) is 17.5 Å². The fraction of sp³-hybridized carbons (Fsp3) is 0. The summed E-state index contributed by atoms with van der Waals surface area (Å²) in [5.41, 5.74) is 0.0742. The summed E-state index contributed by atoms with van der Waals surface area (Å²) in [6, 6.07) is 9.42. The smallest absolute Gasteiger partial charge is 0.280 e. The first-order valence-electron chi connectivity index (χ1n) is 6.70. The van der Waals surface area contributed by atoms with Gasteiger partial charge in [0.15, 0.2) is 17.5 Å². The van der Waals surface area contributed by atoms with Crippen LogP contribution in [0.2, 0.25) is 0 Å². The Morgan fingerprint density at radius 2 is 1.78 bits per heavy atom. The molecule has 2 aromatic carbocycles. The predicted octanol–water partition coefficient (Wildman–Crippen LogP) is 3.28. The van der Waals surface area contributed by atoms with E-state index in [1.807, 2.05) is 0 Å². The standard InChI is InChI=1S/C16H8F3N3O/c17-10-6-11-12(14(19)13(10)18)15-9(7-20-11)16(23)22(21-15)8-4-2-1-3-5-8/h1-7,21H. The van der Waals surface area contributed by atoms with Gasteiger partial charge < -0.3 is 0 Å². The fourth-order valence-electron chi connectivity index (χ4n) is 2.58. The van der Waals surface area contributed by atoms with E-state index in [-0.39, 0.29) is 21.8 Å². The molecule has 0 spiro atoms. The molecule has 2 aromatic heterocycles. The van der Waals surface area contributed by atoms with Gasteiger partial charge in [0.25, 0.3) is 5.56 Å². The Morgan fingerprint density at radius 3 is 2.52 bits per heavy atom. The number of nitrogens with zero attached hydrogens (tertiary/aromatic N) is 2. The third-order valence-corrected chi connectivity index (χ3v) is 3.67. The van der Waals surface area contributed by atoms with Gasteiger partial charge >= 0.3 is 0 Å². The zero-order valence-electron chi connectivity index (χ0n) is 11.5. The van der Waals surface area contributed by atoms with Gasteiger partial charge in [-0.3, -0.25) is 14.9 Å². The van der Waals surface area contributed by atoms with Crippen molar-refractivity contribution in [2.24, 2.45) is 0 Å². The summed E-state index contributed by atoms with van der Waals surface area (Å²) >= 11 is 0. The van der Waals surface area contributed by atoms with Crippen LogP contribution in [0.5, 0.6) is 0 Å². The lowest BCUT2D eigenvalue weighted by molar-refractivity contribution is 0.453. The lowest BCUT2D eigenvalue weighted by Gasteiger charge is -2.02. The quantitative estimate of drug-likeness (QED) is 0.548. The molecule has 0 radical (unpaired) electrons. The van der Waals surface area contributed by atoms with E-state index in [0.29, 0.717) is 5.69 Å². The predicted molar refractivity (Wildman–Crippen MR) is 79.1 cm³/mol. The van der Waals surface area contributed by atoms with Crippen molar-refractivity contribution in [3.8, 4) is 5.69 Å². The maximum absolute atomic E-state index is 14.1. The van der Waals surface area contributed by atoms with Crippen molar-refractivity contribution in [1.29, 1.82) is 0 Å². The highest BCUT2D eigenvalue weighted by Gasteiger charge is 2.19. The van der Waals surface area contributed by atoms with Gasteiger partial charge in [-0.05, 0) is 12.1 Å². The van der Waals surface area contributed by atoms with Crippen molar-refractivity contribution in [2.45, 2.75) is 0 Å². The fourth-order valence-corrected chi connectivity index (χ4v) is 2.58. The average Bonchev–Trinajstić information content (AvgIpc) is 2.90. The van der Waals surface area contributed by atoms with Crippen LogP contribution in [0.3, 0.4) is 0 Å². The van der Waals surface area contributed by atoms with Gasteiger partial charge in [-0.1, -0.05) is 18.2 Å². The van der Waals surface area contributed by atoms with E-state index < -0.39 is 23.0 Å². The highest BCUT2D eigenvalue weighted by atomic mass is 19.2. The zero-order chi connectivity index (χ0) is 16.1. The SMILES string of the molecule is O=c1c2cnc3cc(F)c(F)c(F)c3c2[nH]n1-c1ccccc1. The van der Waals surface area contributed by atoms with Crippen LogP contribution < -0.4 is 5.56 Å². The number of halogens is 3. The molecule has 4 nitrogen and oxygen atoms in total. The van der Waals surface area contributed by atoms with E-state index >= 15 is 0 Å². The molecule has 1 N–H and O–H groups in total. The van der Waals surface area contributed by atoms with Gasteiger partial charge in [0.1, 0.15) is 0 Å². The van der Waals surface area contributed by atoms with Gasteiger partial charge in [0, 0.05) is 12.3 Å². The van der Waals surface area contributed by atoms with Crippen molar-refractivity contribution < 1.29 is 13.2 Å². The summed E-state index contributed by atoms with van der Waals surface area (Å²) in [7, 11) is 0. The van der Waals surface area contributed by atoms with E-state index in [1.54, 1.807) is 30.3 Å². The molecule has 114 valence electrons. The van der Waals surface area contributed by atoms with Crippen molar-refractivity contribution in [3.05, 3.63) is 70.4 Å². The molecule has 0 bridgehead atoms. The number of hydrogen-bond donors (Lipinski definition) is 1. The van der Waals surface area contributed by atoms with E-state index in [2.05, 4.69) is 10.1 Å². The van der Waals surface area contributed by atoms with E-state index in [1.165, 1.54) is 10.9 Å². The Hall–Kier alpha value is -3.09. The first-order valence-corrected chi connectivity index (χ1v) is 6.70. The van der Waals surface area contributed by atoms with Gasteiger partial charge in [-0.25, -0.2) is 17.9 Å². The normalized spacial score (nSPS) is 11.4. The van der Waals surface area contributed by atoms with Crippen LogP contribution in [0.15, 0.2) is 47.4 Å². The summed E-state index contributed by atoms with van der Waals surface area (Å²) in [5.74, 6) is -4.30. The molecule has 0 aliphatic heterocycles. The first kappa shape index (κ1) is 13.6. The van der Waals surface area contributed by atoms with Crippen LogP contribution in [-0.4, -0.2) is 14.8 Å². The number of para-hydroxylation sites is 1. The van der Waals surface area contributed by atoms with E-state index in [0.717, 1.165) is 6.07 Å². The van der Waals surface area contributed by atoms with Gasteiger partial charge in [0.2, 0.25) is 0 Å². The second-order valence-corrected chi connectivity index (χ2v) is 5.02. The third kappa shape index (κ3) is 1.86. The Labute approximate surface area is 126 Å². The second kappa shape index (κ2) is 4.70. The molecule has 4 rings (SSSR count). The monoisotopic (exact) mass is 315 g/mol. The van der Waals surface area contributed by atoms with Crippen LogP contribution in [0.1, 0.15) is 0 Å². The number of benzene rings is 2. The van der Waals surface area contributed by atoms with Gasteiger partial charge in [0.05, 0.1) is 27.5 Å². The third-order valence-electron chi connectivity index (χ3n) is 3.67. The van der Waals surface area contributed by atoms with E-state index in [9.17, 15) is 18.0 Å². The average molecular weight is 315 g/mol. The van der Waals surface area contributed by atoms with Crippen molar-refractivity contribution in [3.63, 3.8) is 0 Å². The summed E-state index contributed by atoms with van der Waals surface area (Å²) in [6.07, 6.45) is 1.22. The topological polar surface area (TPSA) is 50.7 Å². The second-order valence-electron chi connectivity index (χ2n) is 5.02. The number of H-pyrrole nitrogens is 1. The summed E-state index contributed by atoms with van der Waals surface area (Å²) in [4.78, 5) is 16.3. The minimum atomic E-state index is -1.60. The molecule has 0 fully saturated rings. The number of aromatic nitrogens is 3. The molecule has 2 heterocycles. The van der Waals surface area contributed by atoms with Crippen LogP contribution in [-0.2, 0) is 0 Å². The molecule has 23 heavy (non-hydrogen) atoms. The van der Waals surface area contributed by atoms with Crippen molar-refractivity contribution in [1.82, 2.24) is 14.8 Å². The highest BCUT2D eigenvalue weighted by molar-refractivity contribution is 6.03. The van der Waals surface area contributed by atoms with Gasteiger partial charge in [-0.15, -0.1) is 0 Å². The van der Waals surface area contributed by atoms with E-state index in [4.69, 9.17) is 0 Å². The molecular weight excluding hydrogens is 307 g/mol. The van der Waals surface area contributed by atoms with Crippen LogP contribution >= 0.6 is 0 Å². The van der Waals surface area contributed by atoms with Crippen molar-refractivity contribution in [2.75, 3.05) is 0 Å². The number of rotatable bonds is 1. The number of nitrogens with one attached hydrogen (secondary N) is 1. The van der Waals surface area contributed by atoms with Crippen LogP contribution in [0.25, 0.3) is 27.5 Å². The Kier molecular flexibility index (Phi) is 2.77. The summed E-state index contributed by atoms with van der Waals surface area (Å²) in [6.45, 7) is 0. The lowest BCUT2D eigenvalue weighted by Crippen LogP contribution is -2.13. The number of hydrogen-bond acceptors (Lipinski definition) is 2. The highest BCUT2D eigenvalue weighted by Crippen LogP contribution is 2.27. The Bertz CT molecular complexity index is 1120. The largest absolute Gasteiger partial charge is 0.289 e. The molecule has 0 aliphatic rings. The summed E-state index contributed by atoms with van der Waals surface area (Å²) in [5, 5.41) is 2.58. The van der Waals surface area contributed by atoms with Crippen LogP contribution in [0.4, 0.5) is 13.2 Å².